The molecule has 0 aliphatic heterocycles. The van der Waals surface area contributed by atoms with Gasteiger partial charge >= 0.3 is 5.97 Å². The molecule has 4 nitrogen and oxygen atoms in total. The molecule has 1 atom stereocenters. The number of hydrogen-bond acceptors (Lipinski definition) is 4. The second kappa shape index (κ2) is 7.80. The minimum absolute atomic E-state index is 0.0297. The highest BCUT2D eigenvalue weighted by atomic mass is 32.1. The zero-order valence-corrected chi connectivity index (χ0v) is 17.3. The van der Waals surface area contributed by atoms with Crippen LogP contribution in [0.25, 0.3) is 0 Å². The number of carboxylic acids is 1. The number of aryl methyl sites for hydroxylation is 1. The zero-order chi connectivity index (χ0) is 19.5. The Balaban J connectivity index is 2.44. The number of carboxylic acid groups (broad SMARTS) is 1. The summed E-state index contributed by atoms with van der Waals surface area (Å²) in [6, 6.07) is 8.99. The highest BCUT2D eigenvalue weighted by Gasteiger charge is 2.28. The van der Waals surface area contributed by atoms with Crippen LogP contribution in [0.3, 0.4) is 0 Å². The molecule has 6 heteroatoms. The molecule has 0 spiro atoms. The summed E-state index contributed by atoms with van der Waals surface area (Å²) in [5.74, 6) is 5.08. The van der Waals surface area contributed by atoms with Crippen molar-refractivity contribution in [1.82, 2.24) is 0 Å². The third-order valence-corrected chi connectivity index (χ3v) is 7.18. The number of hydrogen-bond donors (Lipinski definition) is 1. The molecule has 0 aliphatic rings. The van der Waals surface area contributed by atoms with E-state index in [9.17, 15) is 14.5 Å². The van der Waals surface area contributed by atoms with Crippen LogP contribution in [0.1, 0.15) is 46.4 Å². The normalized spacial score (nSPS) is 13.6. The van der Waals surface area contributed by atoms with Gasteiger partial charge in [0.15, 0.2) is 0 Å². The van der Waals surface area contributed by atoms with Crippen LogP contribution in [0, 0.1) is 24.2 Å². The summed E-state index contributed by atoms with van der Waals surface area (Å²) in [7, 11) is -1.81. The van der Waals surface area contributed by atoms with E-state index in [0.717, 1.165) is 16.9 Å². The third kappa shape index (κ3) is 5.08. The van der Waals surface area contributed by atoms with Gasteiger partial charge in [-0.25, -0.2) is 4.79 Å². The van der Waals surface area contributed by atoms with Crippen molar-refractivity contribution >= 4 is 30.0 Å². The van der Waals surface area contributed by atoms with Gasteiger partial charge < -0.3 is 9.63 Å². The molecular formula is C20H23O4PS. The van der Waals surface area contributed by atoms with Crippen molar-refractivity contribution in [3.63, 3.8) is 0 Å². The number of thiophene rings is 1. The second-order valence-corrected chi connectivity index (χ2v) is 10.7. The molecule has 2 rings (SSSR count). The van der Waals surface area contributed by atoms with Crippen molar-refractivity contribution < 1.29 is 19.0 Å². The van der Waals surface area contributed by atoms with Gasteiger partial charge in [0.1, 0.15) is 4.88 Å². The molecule has 1 unspecified atom stereocenters. The van der Waals surface area contributed by atoms with Crippen LogP contribution in [0.15, 0.2) is 30.3 Å². The highest BCUT2D eigenvalue weighted by molar-refractivity contribution is 7.66. The van der Waals surface area contributed by atoms with Crippen LogP contribution in [0.4, 0.5) is 0 Å². The van der Waals surface area contributed by atoms with Crippen molar-refractivity contribution in [2.24, 2.45) is 5.41 Å². The fourth-order valence-electron chi connectivity index (χ4n) is 2.30. The van der Waals surface area contributed by atoms with Crippen LogP contribution in [-0.4, -0.2) is 18.2 Å². The molecule has 0 saturated carbocycles. The van der Waals surface area contributed by atoms with Crippen molar-refractivity contribution in [3.8, 4) is 11.8 Å². The smallest absolute Gasteiger partial charge is 0.346 e. The van der Waals surface area contributed by atoms with E-state index in [4.69, 9.17) is 4.52 Å². The molecule has 0 saturated heterocycles. The van der Waals surface area contributed by atoms with E-state index in [-0.39, 0.29) is 16.5 Å². The van der Waals surface area contributed by atoms with Crippen LogP contribution in [-0.2, 0) is 15.3 Å². The van der Waals surface area contributed by atoms with Gasteiger partial charge in [0, 0.05) is 17.8 Å². The van der Waals surface area contributed by atoms with Gasteiger partial charge in [0.2, 0.25) is 7.37 Å². The number of aromatic carboxylic acids is 1. The summed E-state index contributed by atoms with van der Waals surface area (Å²) in [6.45, 7) is 7.92. The summed E-state index contributed by atoms with van der Waals surface area (Å²) >= 11 is 1.11. The van der Waals surface area contributed by atoms with Crippen LogP contribution >= 0.6 is 18.7 Å². The van der Waals surface area contributed by atoms with Gasteiger partial charge in [-0.05, 0) is 51.5 Å². The monoisotopic (exact) mass is 390 g/mol. The lowest BCUT2D eigenvalue weighted by Crippen LogP contribution is -2.09. The summed E-state index contributed by atoms with van der Waals surface area (Å²) in [5.41, 5.74) is 1.36. The van der Waals surface area contributed by atoms with Gasteiger partial charge in [-0.2, -0.15) is 0 Å². The lowest BCUT2D eigenvalue weighted by Gasteiger charge is -2.16. The van der Waals surface area contributed by atoms with Gasteiger partial charge in [-0.15, -0.1) is 11.3 Å². The molecule has 0 radical (unpaired) electrons. The molecule has 0 fully saturated rings. The minimum Gasteiger partial charge on any atom is -0.477 e. The van der Waals surface area contributed by atoms with E-state index in [2.05, 4.69) is 11.8 Å². The van der Waals surface area contributed by atoms with Gasteiger partial charge in [-0.3, -0.25) is 4.57 Å². The lowest BCUT2D eigenvalue weighted by molar-refractivity contribution is 0.0701. The van der Waals surface area contributed by atoms with Crippen LogP contribution in [0.2, 0.25) is 0 Å². The fourth-order valence-corrected chi connectivity index (χ4v) is 5.10. The Hall–Kier alpha value is -1.86. The van der Waals surface area contributed by atoms with E-state index in [1.165, 1.54) is 7.11 Å². The maximum Gasteiger partial charge on any atom is 0.346 e. The van der Waals surface area contributed by atoms with E-state index in [1.54, 1.807) is 18.2 Å². The first-order valence-corrected chi connectivity index (χ1v) is 10.8. The summed E-state index contributed by atoms with van der Waals surface area (Å²) in [6.07, 6.45) is 0.0297. The first-order valence-electron chi connectivity index (χ1n) is 8.15. The number of benzene rings is 1. The van der Waals surface area contributed by atoms with E-state index < -0.39 is 13.3 Å². The average molecular weight is 390 g/mol. The maximum absolute atomic E-state index is 13.3. The van der Waals surface area contributed by atoms with Crippen molar-refractivity contribution in [2.45, 2.75) is 33.9 Å². The van der Waals surface area contributed by atoms with Crippen molar-refractivity contribution in [1.29, 1.82) is 0 Å². The molecule has 0 aliphatic carbocycles. The molecule has 0 bridgehead atoms. The molecule has 0 amide bonds. The fraction of sp³-hybridized carbons (Fsp3) is 0.350. The largest absolute Gasteiger partial charge is 0.477 e. The average Bonchev–Trinajstić information content (AvgIpc) is 2.95. The Morgan fingerprint density at radius 2 is 1.88 bits per heavy atom. The van der Waals surface area contributed by atoms with Crippen LogP contribution < -0.4 is 5.30 Å². The quantitative estimate of drug-likeness (QED) is 0.582. The molecule has 1 N–H and O–H groups in total. The molecule has 2 aromatic rings. The minimum atomic E-state index is -3.20. The number of carbonyl (C=O) groups is 1. The molecular weight excluding hydrogens is 367 g/mol. The Labute approximate surface area is 158 Å². The topological polar surface area (TPSA) is 63.6 Å². The highest BCUT2D eigenvalue weighted by Crippen LogP contribution is 2.49. The Bertz CT molecular complexity index is 908. The standard InChI is InChI=1S/C20H23O4PS/c1-14-6-8-16(9-7-14)25(23,24-5)13-15-12-17(10-11-20(2,3)4)26-18(15)19(21)22/h6-9,12H,13H2,1-5H3,(H,21,22). The van der Waals surface area contributed by atoms with E-state index in [0.29, 0.717) is 15.7 Å². The summed E-state index contributed by atoms with van der Waals surface area (Å²) < 4.78 is 18.7. The number of rotatable bonds is 5. The molecule has 1 heterocycles. The van der Waals surface area contributed by atoms with E-state index in [1.807, 2.05) is 39.8 Å². The molecule has 1 aromatic carbocycles. The van der Waals surface area contributed by atoms with Crippen molar-refractivity contribution in [3.05, 3.63) is 51.2 Å². The molecule has 26 heavy (non-hydrogen) atoms. The van der Waals surface area contributed by atoms with Gasteiger partial charge in [0.05, 0.1) is 11.0 Å². The summed E-state index contributed by atoms with van der Waals surface area (Å²) in [4.78, 5) is 12.4. The second-order valence-electron chi connectivity index (χ2n) is 7.12. The predicted octanol–water partition coefficient (Wildman–Crippen LogP) is 4.90. The lowest BCUT2D eigenvalue weighted by atomic mass is 9.98. The Morgan fingerprint density at radius 3 is 2.38 bits per heavy atom. The SMILES string of the molecule is COP(=O)(Cc1cc(C#CC(C)(C)C)sc1C(=O)O)c1ccc(C)cc1. The molecule has 138 valence electrons. The molecule has 1 aromatic heterocycles. The first-order chi connectivity index (χ1) is 12.0. The summed E-state index contributed by atoms with van der Waals surface area (Å²) in [5, 5.41) is 10.1. The predicted molar refractivity (Wildman–Crippen MR) is 107 cm³/mol. The Kier molecular flexibility index (Phi) is 6.13. The third-order valence-electron chi connectivity index (χ3n) is 3.66. The first kappa shape index (κ1) is 20.5. The maximum atomic E-state index is 13.3. The van der Waals surface area contributed by atoms with Gasteiger partial charge in [0.25, 0.3) is 0 Å². The van der Waals surface area contributed by atoms with Crippen molar-refractivity contribution in [2.75, 3.05) is 7.11 Å². The van der Waals surface area contributed by atoms with Crippen LogP contribution in [0.5, 0.6) is 0 Å². The van der Waals surface area contributed by atoms with E-state index >= 15 is 0 Å². The Morgan fingerprint density at radius 1 is 1.27 bits per heavy atom. The van der Waals surface area contributed by atoms with Gasteiger partial charge in [-0.1, -0.05) is 29.5 Å². The zero-order valence-electron chi connectivity index (χ0n) is 15.6.